The Kier molecular flexibility index (Phi) is 4.25. The standard InChI is InChI=1S/C20H23N3S/c1-14-6-7-18(17(12-14)23-10-8-21-9-11-23)24-19-13-22-16-5-3-4-15(2)20(16)19/h3-7,12-13,21-22H,8-11H2,1-2H3. The predicted molar refractivity (Wildman–Crippen MR) is 103 cm³/mol. The molecular weight excluding hydrogens is 314 g/mol. The first-order valence-corrected chi connectivity index (χ1v) is 9.35. The van der Waals surface area contributed by atoms with E-state index in [9.17, 15) is 0 Å². The molecule has 0 spiro atoms. The number of piperazine rings is 1. The van der Waals surface area contributed by atoms with Crippen LogP contribution in [0.2, 0.25) is 0 Å². The van der Waals surface area contributed by atoms with E-state index in [-0.39, 0.29) is 0 Å². The van der Waals surface area contributed by atoms with Crippen molar-refractivity contribution >= 4 is 28.4 Å². The van der Waals surface area contributed by atoms with Crippen LogP contribution in [0, 0.1) is 13.8 Å². The fourth-order valence-electron chi connectivity index (χ4n) is 3.40. The topological polar surface area (TPSA) is 31.1 Å². The van der Waals surface area contributed by atoms with Gasteiger partial charge in [-0.1, -0.05) is 30.0 Å². The van der Waals surface area contributed by atoms with Crippen LogP contribution in [0.5, 0.6) is 0 Å². The van der Waals surface area contributed by atoms with Crippen LogP contribution >= 0.6 is 11.8 Å². The lowest BCUT2D eigenvalue weighted by atomic mass is 10.1. The summed E-state index contributed by atoms with van der Waals surface area (Å²) in [6, 6.07) is 13.3. The number of nitrogens with one attached hydrogen (secondary N) is 2. The number of H-pyrrole nitrogens is 1. The van der Waals surface area contributed by atoms with Gasteiger partial charge in [0.15, 0.2) is 0 Å². The third-order valence-corrected chi connectivity index (χ3v) is 5.78. The number of aryl methyl sites for hydroxylation is 2. The molecule has 1 aliphatic rings. The van der Waals surface area contributed by atoms with Gasteiger partial charge in [0.1, 0.15) is 0 Å². The van der Waals surface area contributed by atoms with E-state index in [1.807, 2.05) is 11.8 Å². The number of anilines is 1. The van der Waals surface area contributed by atoms with Crippen molar-refractivity contribution in [2.24, 2.45) is 0 Å². The van der Waals surface area contributed by atoms with Crippen LogP contribution in [0.1, 0.15) is 11.1 Å². The summed E-state index contributed by atoms with van der Waals surface area (Å²) in [5.74, 6) is 0. The third kappa shape index (κ3) is 2.92. The minimum atomic E-state index is 1.06. The van der Waals surface area contributed by atoms with Crippen LogP contribution in [-0.4, -0.2) is 31.2 Å². The molecule has 0 unspecified atom stereocenters. The summed E-state index contributed by atoms with van der Waals surface area (Å²) in [4.78, 5) is 8.57. The summed E-state index contributed by atoms with van der Waals surface area (Å²) in [6.45, 7) is 8.63. The molecule has 0 radical (unpaired) electrons. The lowest BCUT2D eigenvalue weighted by molar-refractivity contribution is 0.587. The van der Waals surface area contributed by atoms with Crippen molar-refractivity contribution in [3.8, 4) is 0 Å². The molecule has 0 atom stereocenters. The first-order chi connectivity index (χ1) is 11.7. The number of nitrogens with zero attached hydrogens (tertiary/aromatic N) is 1. The summed E-state index contributed by atoms with van der Waals surface area (Å²) in [7, 11) is 0. The maximum Gasteiger partial charge on any atom is 0.0511 e. The number of aromatic amines is 1. The van der Waals surface area contributed by atoms with Crippen molar-refractivity contribution in [2.75, 3.05) is 31.1 Å². The average molecular weight is 337 g/mol. The summed E-state index contributed by atoms with van der Waals surface area (Å²) >= 11 is 1.87. The van der Waals surface area contributed by atoms with E-state index >= 15 is 0 Å². The number of rotatable bonds is 3. The van der Waals surface area contributed by atoms with Crippen LogP contribution in [0.4, 0.5) is 5.69 Å². The van der Waals surface area contributed by atoms with Crippen molar-refractivity contribution in [1.82, 2.24) is 10.3 Å². The Hall–Kier alpha value is -1.91. The second-order valence-electron chi connectivity index (χ2n) is 6.46. The molecule has 2 aromatic carbocycles. The van der Waals surface area contributed by atoms with Crippen molar-refractivity contribution in [3.05, 3.63) is 53.7 Å². The molecule has 0 saturated carbocycles. The fourth-order valence-corrected chi connectivity index (χ4v) is 4.55. The van der Waals surface area contributed by atoms with E-state index in [4.69, 9.17) is 0 Å². The van der Waals surface area contributed by atoms with Gasteiger partial charge in [-0.05, 0) is 43.2 Å². The van der Waals surface area contributed by atoms with Crippen molar-refractivity contribution < 1.29 is 0 Å². The SMILES string of the molecule is Cc1ccc(Sc2c[nH]c3cccc(C)c23)c(N2CCNCC2)c1. The molecule has 0 amide bonds. The van der Waals surface area contributed by atoms with E-state index in [0.29, 0.717) is 0 Å². The van der Waals surface area contributed by atoms with E-state index in [0.717, 1.165) is 26.2 Å². The molecule has 124 valence electrons. The van der Waals surface area contributed by atoms with Gasteiger partial charge >= 0.3 is 0 Å². The van der Waals surface area contributed by atoms with Crippen molar-refractivity contribution in [2.45, 2.75) is 23.6 Å². The molecule has 1 aromatic heterocycles. The van der Waals surface area contributed by atoms with Crippen LogP contribution in [0.15, 0.2) is 52.4 Å². The van der Waals surface area contributed by atoms with Gasteiger partial charge in [0, 0.05) is 53.1 Å². The quantitative estimate of drug-likeness (QED) is 0.745. The molecule has 3 nitrogen and oxygen atoms in total. The second kappa shape index (κ2) is 6.54. The predicted octanol–water partition coefficient (Wildman–Crippen LogP) is 4.35. The number of benzene rings is 2. The molecule has 24 heavy (non-hydrogen) atoms. The minimum absolute atomic E-state index is 1.06. The monoisotopic (exact) mass is 337 g/mol. The highest BCUT2D eigenvalue weighted by atomic mass is 32.2. The Labute approximate surface area is 147 Å². The van der Waals surface area contributed by atoms with Crippen LogP contribution < -0.4 is 10.2 Å². The molecule has 2 heterocycles. The molecule has 0 aliphatic carbocycles. The van der Waals surface area contributed by atoms with Gasteiger partial charge < -0.3 is 15.2 Å². The summed E-state index contributed by atoms with van der Waals surface area (Å²) < 4.78 is 0. The normalized spacial score (nSPS) is 15.2. The van der Waals surface area contributed by atoms with Gasteiger partial charge in [-0.15, -0.1) is 0 Å². The van der Waals surface area contributed by atoms with Crippen molar-refractivity contribution in [3.63, 3.8) is 0 Å². The van der Waals surface area contributed by atoms with Gasteiger partial charge in [0.2, 0.25) is 0 Å². The van der Waals surface area contributed by atoms with E-state index in [1.54, 1.807) is 0 Å². The zero-order chi connectivity index (χ0) is 16.5. The lowest BCUT2D eigenvalue weighted by Gasteiger charge is -2.31. The molecule has 1 aliphatic heterocycles. The molecule has 2 N–H and O–H groups in total. The smallest absolute Gasteiger partial charge is 0.0511 e. The zero-order valence-corrected chi connectivity index (χ0v) is 15.0. The molecule has 4 heteroatoms. The Balaban J connectivity index is 1.73. The molecule has 4 rings (SSSR count). The van der Waals surface area contributed by atoms with E-state index in [2.05, 4.69) is 71.6 Å². The third-order valence-electron chi connectivity index (χ3n) is 4.67. The summed E-state index contributed by atoms with van der Waals surface area (Å²) in [5.41, 5.74) is 5.23. The van der Waals surface area contributed by atoms with E-state index < -0.39 is 0 Å². The largest absolute Gasteiger partial charge is 0.368 e. The molecule has 3 aromatic rings. The highest BCUT2D eigenvalue weighted by Crippen LogP contribution is 2.40. The van der Waals surface area contributed by atoms with Crippen LogP contribution in [-0.2, 0) is 0 Å². The van der Waals surface area contributed by atoms with Gasteiger partial charge in [0.05, 0.1) is 5.69 Å². The highest BCUT2D eigenvalue weighted by Gasteiger charge is 2.16. The Bertz CT molecular complexity index is 862. The molecule has 0 bridgehead atoms. The van der Waals surface area contributed by atoms with Crippen molar-refractivity contribution in [1.29, 1.82) is 0 Å². The highest BCUT2D eigenvalue weighted by molar-refractivity contribution is 7.99. The molecular formula is C20H23N3S. The Morgan fingerprint density at radius 2 is 1.83 bits per heavy atom. The Morgan fingerprint density at radius 3 is 2.67 bits per heavy atom. The average Bonchev–Trinajstić information content (AvgIpc) is 3.02. The summed E-state index contributed by atoms with van der Waals surface area (Å²) in [6.07, 6.45) is 2.14. The first kappa shape index (κ1) is 15.6. The zero-order valence-electron chi connectivity index (χ0n) is 14.2. The number of fused-ring (bicyclic) bond motifs is 1. The van der Waals surface area contributed by atoms with Gasteiger partial charge in [-0.2, -0.15) is 0 Å². The second-order valence-corrected chi connectivity index (χ2v) is 7.54. The molecule has 1 saturated heterocycles. The first-order valence-electron chi connectivity index (χ1n) is 8.53. The summed E-state index contributed by atoms with van der Waals surface area (Å²) in [5, 5.41) is 4.78. The van der Waals surface area contributed by atoms with Crippen LogP contribution in [0.3, 0.4) is 0 Å². The number of hydrogen-bond donors (Lipinski definition) is 2. The Morgan fingerprint density at radius 1 is 1.00 bits per heavy atom. The minimum Gasteiger partial charge on any atom is -0.368 e. The fraction of sp³-hybridized carbons (Fsp3) is 0.300. The van der Waals surface area contributed by atoms with Gasteiger partial charge in [-0.25, -0.2) is 0 Å². The number of aromatic nitrogens is 1. The number of hydrogen-bond acceptors (Lipinski definition) is 3. The lowest BCUT2D eigenvalue weighted by Crippen LogP contribution is -2.43. The van der Waals surface area contributed by atoms with Gasteiger partial charge in [0.25, 0.3) is 0 Å². The maximum atomic E-state index is 3.44. The van der Waals surface area contributed by atoms with Crippen LogP contribution in [0.25, 0.3) is 10.9 Å². The van der Waals surface area contributed by atoms with Gasteiger partial charge in [-0.3, -0.25) is 0 Å². The van der Waals surface area contributed by atoms with E-state index in [1.165, 1.54) is 37.5 Å². The molecule has 1 fully saturated rings. The maximum absolute atomic E-state index is 3.44.